The molecule has 1 aromatic rings. The lowest BCUT2D eigenvalue weighted by Gasteiger charge is -2.11. The van der Waals surface area contributed by atoms with E-state index in [1.807, 2.05) is 6.07 Å². The molecule has 106 valence electrons. The molecule has 0 fully saturated rings. The number of aryl methyl sites for hydroxylation is 2. The largest absolute Gasteiger partial charge is 0.391 e. The van der Waals surface area contributed by atoms with Crippen molar-refractivity contribution >= 4 is 10.8 Å². The third-order valence-electron chi connectivity index (χ3n) is 3.48. The summed E-state index contributed by atoms with van der Waals surface area (Å²) in [5.74, 6) is 0.315. The van der Waals surface area contributed by atoms with Crippen LogP contribution in [0.25, 0.3) is 0 Å². The second-order valence-electron chi connectivity index (χ2n) is 5.15. The fraction of sp³-hybridized carbons (Fsp3) is 0.600. The highest BCUT2D eigenvalue weighted by Gasteiger charge is 2.15. The molecular formula is C15H23NO2S. The van der Waals surface area contributed by atoms with Gasteiger partial charge < -0.3 is 10.4 Å². The van der Waals surface area contributed by atoms with Gasteiger partial charge in [-0.2, -0.15) is 0 Å². The third-order valence-corrected chi connectivity index (χ3v) is 4.95. The second kappa shape index (κ2) is 7.17. The van der Waals surface area contributed by atoms with E-state index in [0.29, 0.717) is 12.3 Å². The van der Waals surface area contributed by atoms with Gasteiger partial charge in [0.2, 0.25) is 0 Å². The quantitative estimate of drug-likeness (QED) is 0.747. The van der Waals surface area contributed by atoms with Crippen LogP contribution in [0.3, 0.4) is 0 Å². The van der Waals surface area contributed by atoms with Gasteiger partial charge in [-0.1, -0.05) is 13.0 Å². The zero-order valence-electron chi connectivity index (χ0n) is 11.5. The SMILES string of the molecule is CCCNCC(O)CS(=O)c1ccc2c(c1)CCC2. The maximum Gasteiger partial charge on any atom is 0.0783 e. The molecule has 2 atom stereocenters. The van der Waals surface area contributed by atoms with E-state index in [1.165, 1.54) is 17.5 Å². The van der Waals surface area contributed by atoms with Crippen molar-refractivity contribution in [3.63, 3.8) is 0 Å². The Kier molecular flexibility index (Phi) is 5.55. The highest BCUT2D eigenvalue weighted by Crippen LogP contribution is 2.24. The summed E-state index contributed by atoms with van der Waals surface area (Å²) in [6, 6.07) is 6.11. The molecule has 0 aliphatic heterocycles. The number of benzene rings is 1. The van der Waals surface area contributed by atoms with E-state index < -0.39 is 16.9 Å². The fourth-order valence-corrected chi connectivity index (χ4v) is 3.62. The molecule has 1 aliphatic carbocycles. The van der Waals surface area contributed by atoms with Gasteiger partial charge in [-0.3, -0.25) is 4.21 Å². The van der Waals surface area contributed by atoms with Crippen molar-refractivity contribution < 1.29 is 9.32 Å². The number of hydrogen-bond acceptors (Lipinski definition) is 3. The van der Waals surface area contributed by atoms with Crippen molar-refractivity contribution in [2.75, 3.05) is 18.8 Å². The third kappa shape index (κ3) is 4.13. The van der Waals surface area contributed by atoms with Gasteiger partial charge in [0, 0.05) is 11.4 Å². The Labute approximate surface area is 117 Å². The van der Waals surface area contributed by atoms with Crippen LogP contribution in [0.1, 0.15) is 30.9 Å². The van der Waals surface area contributed by atoms with Crippen molar-refractivity contribution in [2.24, 2.45) is 0 Å². The topological polar surface area (TPSA) is 49.3 Å². The Balaban J connectivity index is 1.89. The van der Waals surface area contributed by atoms with Crippen molar-refractivity contribution in [3.8, 4) is 0 Å². The summed E-state index contributed by atoms with van der Waals surface area (Å²) in [6.45, 7) is 3.50. The average molecular weight is 281 g/mol. The summed E-state index contributed by atoms with van der Waals surface area (Å²) in [4.78, 5) is 0.857. The van der Waals surface area contributed by atoms with Gasteiger partial charge in [-0.05, 0) is 55.5 Å². The minimum atomic E-state index is -1.10. The molecule has 0 saturated heterocycles. The Morgan fingerprint density at radius 1 is 1.37 bits per heavy atom. The lowest BCUT2D eigenvalue weighted by molar-refractivity contribution is 0.195. The lowest BCUT2D eigenvalue weighted by Crippen LogP contribution is -2.31. The number of nitrogens with one attached hydrogen (secondary N) is 1. The number of aliphatic hydroxyl groups excluding tert-OH is 1. The van der Waals surface area contributed by atoms with Crippen LogP contribution in [0.15, 0.2) is 23.1 Å². The molecule has 0 bridgehead atoms. The maximum absolute atomic E-state index is 12.2. The van der Waals surface area contributed by atoms with Gasteiger partial charge in [0.15, 0.2) is 0 Å². The van der Waals surface area contributed by atoms with Gasteiger partial charge in [0.1, 0.15) is 0 Å². The van der Waals surface area contributed by atoms with E-state index in [4.69, 9.17) is 0 Å². The Morgan fingerprint density at radius 2 is 2.16 bits per heavy atom. The molecule has 2 unspecified atom stereocenters. The molecular weight excluding hydrogens is 258 g/mol. The van der Waals surface area contributed by atoms with E-state index in [9.17, 15) is 9.32 Å². The van der Waals surface area contributed by atoms with Gasteiger partial charge in [-0.25, -0.2) is 0 Å². The van der Waals surface area contributed by atoms with Crippen LogP contribution in [0.5, 0.6) is 0 Å². The lowest BCUT2D eigenvalue weighted by atomic mass is 10.1. The molecule has 1 aromatic carbocycles. The highest BCUT2D eigenvalue weighted by molar-refractivity contribution is 7.85. The summed E-state index contributed by atoms with van der Waals surface area (Å²) in [6.07, 6.45) is 3.95. The molecule has 19 heavy (non-hydrogen) atoms. The summed E-state index contributed by atoms with van der Waals surface area (Å²) in [5.41, 5.74) is 2.73. The summed E-state index contributed by atoms with van der Waals surface area (Å²) < 4.78 is 12.2. The van der Waals surface area contributed by atoms with Crippen molar-refractivity contribution in [3.05, 3.63) is 29.3 Å². The number of hydrogen-bond donors (Lipinski definition) is 2. The summed E-state index contributed by atoms with van der Waals surface area (Å²) in [7, 11) is -1.10. The van der Waals surface area contributed by atoms with Crippen molar-refractivity contribution in [1.29, 1.82) is 0 Å². The van der Waals surface area contributed by atoms with Crippen LogP contribution < -0.4 is 5.32 Å². The first-order valence-corrected chi connectivity index (χ1v) is 8.41. The van der Waals surface area contributed by atoms with Crippen molar-refractivity contribution in [1.82, 2.24) is 5.32 Å². The Hall–Kier alpha value is -0.710. The van der Waals surface area contributed by atoms with Crippen LogP contribution in [0, 0.1) is 0 Å². The fourth-order valence-electron chi connectivity index (χ4n) is 2.47. The predicted molar refractivity (Wildman–Crippen MR) is 78.9 cm³/mol. The average Bonchev–Trinajstić information content (AvgIpc) is 2.86. The van der Waals surface area contributed by atoms with Crippen molar-refractivity contribution in [2.45, 2.75) is 43.6 Å². The molecule has 0 spiro atoms. The van der Waals surface area contributed by atoms with Gasteiger partial charge in [0.05, 0.1) is 22.7 Å². The molecule has 0 heterocycles. The van der Waals surface area contributed by atoms with Gasteiger partial charge in [0.25, 0.3) is 0 Å². The standard InChI is InChI=1S/C15H23NO2S/c1-2-8-16-10-14(17)11-19(18)15-7-6-12-4-3-5-13(12)9-15/h6-7,9,14,16-17H,2-5,8,10-11H2,1H3. The molecule has 2 rings (SSSR count). The first-order chi connectivity index (χ1) is 9.20. The normalized spacial score (nSPS) is 17.2. The van der Waals surface area contributed by atoms with Crippen LogP contribution in [0.2, 0.25) is 0 Å². The van der Waals surface area contributed by atoms with Gasteiger partial charge in [-0.15, -0.1) is 0 Å². The summed E-state index contributed by atoms with van der Waals surface area (Å²) >= 11 is 0. The summed E-state index contributed by atoms with van der Waals surface area (Å²) in [5, 5.41) is 13.0. The van der Waals surface area contributed by atoms with Crippen LogP contribution >= 0.6 is 0 Å². The minimum Gasteiger partial charge on any atom is -0.391 e. The molecule has 0 aromatic heterocycles. The number of fused-ring (bicyclic) bond motifs is 1. The molecule has 0 amide bonds. The van der Waals surface area contributed by atoms with E-state index in [-0.39, 0.29) is 0 Å². The highest BCUT2D eigenvalue weighted by atomic mass is 32.2. The van der Waals surface area contributed by atoms with Crippen LogP contribution in [0.4, 0.5) is 0 Å². The molecule has 1 aliphatic rings. The van der Waals surface area contributed by atoms with E-state index >= 15 is 0 Å². The molecule has 4 heteroatoms. The smallest absolute Gasteiger partial charge is 0.0783 e. The second-order valence-corrected chi connectivity index (χ2v) is 6.65. The zero-order valence-corrected chi connectivity index (χ0v) is 12.3. The molecule has 0 saturated carbocycles. The van der Waals surface area contributed by atoms with E-state index in [0.717, 1.165) is 30.7 Å². The van der Waals surface area contributed by atoms with Gasteiger partial charge >= 0.3 is 0 Å². The Morgan fingerprint density at radius 3 is 2.95 bits per heavy atom. The van der Waals surface area contributed by atoms with Crippen LogP contribution in [-0.2, 0) is 23.6 Å². The Bertz CT molecular complexity index is 448. The zero-order chi connectivity index (χ0) is 13.7. The first-order valence-electron chi connectivity index (χ1n) is 7.09. The first kappa shape index (κ1) is 14.7. The molecule has 0 radical (unpaired) electrons. The number of aliphatic hydroxyl groups is 1. The molecule has 3 nitrogen and oxygen atoms in total. The monoisotopic (exact) mass is 281 g/mol. The molecule has 2 N–H and O–H groups in total. The van der Waals surface area contributed by atoms with Crippen LogP contribution in [-0.4, -0.2) is 34.3 Å². The predicted octanol–water partition coefficient (Wildman–Crippen LogP) is 1.64. The maximum atomic E-state index is 12.2. The van der Waals surface area contributed by atoms with E-state index in [1.54, 1.807) is 0 Å². The van der Waals surface area contributed by atoms with E-state index in [2.05, 4.69) is 24.4 Å². The minimum absolute atomic E-state index is 0.315. The number of rotatable bonds is 7.